The molecule has 4 nitrogen and oxygen atoms in total. The normalized spacial score (nSPS) is 13.2. The molecule has 98 valence electrons. The van der Waals surface area contributed by atoms with Crippen LogP contribution < -0.4 is 5.32 Å². The van der Waals surface area contributed by atoms with Crippen LogP contribution in [0.5, 0.6) is 0 Å². The summed E-state index contributed by atoms with van der Waals surface area (Å²) in [7, 11) is 1.96. The van der Waals surface area contributed by atoms with Crippen LogP contribution in [-0.4, -0.2) is 21.8 Å². The van der Waals surface area contributed by atoms with Crippen LogP contribution in [0.15, 0.2) is 16.9 Å². The van der Waals surface area contributed by atoms with Crippen molar-refractivity contribution < 1.29 is 0 Å². The molecule has 18 heavy (non-hydrogen) atoms. The summed E-state index contributed by atoms with van der Waals surface area (Å²) < 4.78 is 3.07. The van der Waals surface area contributed by atoms with Crippen LogP contribution in [0.25, 0.3) is 0 Å². The summed E-state index contributed by atoms with van der Waals surface area (Å²) in [5.41, 5.74) is 1.15. The lowest BCUT2D eigenvalue weighted by molar-refractivity contribution is 0.485. The molecule has 6 heteroatoms. The van der Waals surface area contributed by atoms with Crippen molar-refractivity contribution >= 4 is 27.3 Å². The monoisotopic (exact) mass is 328 g/mol. The van der Waals surface area contributed by atoms with Gasteiger partial charge in [0.05, 0.1) is 27.4 Å². The fourth-order valence-electron chi connectivity index (χ4n) is 1.96. The van der Waals surface area contributed by atoms with Crippen molar-refractivity contribution in [3.8, 4) is 0 Å². The lowest BCUT2D eigenvalue weighted by Gasteiger charge is -2.19. The number of nitrogens with zero attached hydrogens (tertiary/aromatic N) is 3. The Bertz CT molecular complexity index is 532. The highest BCUT2D eigenvalue weighted by atomic mass is 79.9. The van der Waals surface area contributed by atoms with E-state index in [1.165, 1.54) is 4.88 Å². The number of nitrogens with one attached hydrogen (secondary N) is 1. The molecule has 0 aliphatic rings. The maximum absolute atomic E-state index is 4.43. The van der Waals surface area contributed by atoms with E-state index in [9.17, 15) is 0 Å². The van der Waals surface area contributed by atoms with Gasteiger partial charge >= 0.3 is 0 Å². The summed E-state index contributed by atoms with van der Waals surface area (Å²) >= 11 is 5.30. The van der Waals surface area contributed by atoms with Crippen LogP contribution in [0, 0.1) is 6.92 Å². The highest BCUT2D eigenvalue weighted by Gasteiger charge is 2.23. The second kappa shape index (κ2) is 5.50. The molecule has 0 aromatic carbocycles. The summed E-state index contributed by atoms with van der Waals surface area (Å²) in [5, 5.41) is 8.86. The molecule has 0 saturated heterocycles. The molecular formula is C12H17BrN4S. The maximum atomic E-state index is 4.43. The molecule has 1 N–H and O–H groups in total. The quantitative estimate of drug-likeness (QED) is 0.936. The molecular weight excluding hydrogens is 312 g/mol. The average molecular weight is 329 g/mol. The second-order valence-corrected chi connectivity index (χ2v) is 6.54. The third-order valence-corrected chi connectivity index (χ3v) is 4.35. The van der Waals surface area contributed by atoms with E-state index in [-0.39, 0.29) is 6.04 Å². The van der Waals surface area contributed by atoms with E-state index < -0.39 is 0 Å². The van der Waals surface area contributed by atoms with Crippen LogP contribution in [0.1, 0.15) is 41.5 Å². The number of thiazole rings is 1. The minimum atomic E-state index is 0.121. The smallest absolute Gasteiger partial charge is 0.0897 e. The van der Waals surface area contributed by atoms with E-state index >= 15 is 0 Å². The van der Waals surface area contributed by atoms with Gasteiger partial charge in [-0.15, -0.1) is 11.3 Å². The van der Waals surface area contributed by atoms with E-state index in [0.717, 1.165) is 15.2 Å². The van der Waals surface area contributed by atoms with Gasteiger partial charge in [-0.05, 0) is 43.7 Å². The molecule has 0 bridgehead atoms. The molecule has 0 fully saturated rings. The maximum Gasteiger partial charge on any atom is 0.0897 e. The van der Waals surface area contributed by atoms with Crippen LogP contribution in [0.2, 0.25) is 0 Å². The highest BCUT2D eigenvalue weighted by Crippen LogP contribution is 2.32. The molecule has 2 rings (SSSR count). The summed E-state index contributed by atoms with van der Waals surface area (Å²) in [6, 6.07) is 0.451. The Labute approximate surface area is 120 Å². The van der Waals surface area contributed by atoms with E-state index in [0.29, 0.717) is 6.04 Å². The summed E-state index contributed by atoms with van der Waals surface area (Å²) in [4.78, 5) is 5.54. The van der Waals surface area contributed by atoms with E-state index in [1.54, 1.807) is 11.3 Å². The number of hydrogen-bond acceptors (Lipinski definition) is 4. The van der Waals surface area contributed by atoms with Gasteiger partial charge in [0.2, 0.25) is 0 Å². The highest BCUT2D eigenvalue weighted by molar-refractivity contribution is 9.10. The van der Waals surface area contributed by atoms with Gasteiger partial charge in [-0.1, -0.05) is 0 Å². The first kappa shape index (κ1) is 13.7. The zero-order chi connectivity index (χ0) is 13.3. The third kappa shape index (κ3) is 2.50. The minimum absolute atomic E-state index is 0.121. The van der Waals surface area contributed by atoms with Crippen molar-refractivity contribution in [3.05, 3.63) is 32.4 Å². The third-order valence-electron chi connectivity index (χ3n) is 2.76. The largest absolute Gasteiger partial charge is 0.307 e. The zero-order valence-corrected chi connectivity index (χ0v) is 13.3. The standard InChI is InChI=1S/C12H17BrN4S/c1-7(2)17-12(9(13)5-16-17)11(14-4)10-6-15-8(3)18-10/h5-7,11,14H,1-4H3. The van der Waals surface area contributed by atoms with E-state index in [1.807, 2.05) is 31.0 Å². The SMILES string of the molecule is CNC(c1cnc(C)s1)c1c(Br)cnn1C(C)C. The molecule has 0 spiro atoms. The Morgan fingerprint density at radius 2 is 2.11 bits per heavy atom. The second-order valence-electron chi connectivity index (χ2n) is 4.42. The van der Waals surface area contributed by atoms with Crippen molar-refractivity contribution in [2.24, 2.45) is 0 Å². The Hall–Kier alpha value is -0.720. The number of hydrogen-bond donors (Lipinski definition) is 1. The van der Waals surface area contributed by atoms with Crippen LogP contribution in [0.3, 0.4) is 0 Å². The van der Waals surface area contributed by atoms with E-state index in [2.05, 4.69) is 45.2 Å². The molecule has 2 aromatic rings. The van der Waals surface area contributed by atoms with Gasteiger partial charge in [-0.2, -0.15) is 5.10 Å². The Morgan fingerprint density at radius 3 is 2.61 bits per heavy atom. The van der Waals surface area contributed by atoms with Gasteiger partial charge in [0.15, 0.2) is 0 Å². The van der Waals surface area contributed by atoms with Crippen LogP contribution in [-0.2, 0) is 0 Å². The fraction of sp³-hybridized carbons (Fsp3) is 0.500. The topological polar surface area (TPSA) is 42.7 Å². The van der Waals surface area contributed by atoms with Crippen molar-refractivity contribution in [2.75, 3.05) is 7.05 Å². The van der Waals surface area contributed by atoms with Gasteiger partial charge in [0, 0.05) is 17.1 Å². The minimum Gasteiger partial charge on any atom is -0.307 e. The molecule has 0 aliphatic carbocycles. The van der Waals surface area contributed by atoms with Gasteiger partial charge in [-0.3, -0.25) is 4.68 Å². The van der Waals surface area contributed by atoms with Crippen molar-refractivity contribution in [2.45, 2.75) is 32.9 Å². The Kier molecular flexibility index (Phi) is 4.19. The van der Waals surface area contributed by atoms with Gasteiger partial charge in [0.1, 0.15) is 0 Å². The summed E-state index contributed by atoms with van der Waals surface area (Å²) in [5.74, 6) is 0. The fourth-order valence-corrected chi connectivity index (χ4v) is 3.36. The zero-order valence-electron chi connectivity index (χ0n) is 10.9. The number of aryl methyl sites for hydroxylation is 1. The average Bonchev–Trinajstić information content (AvgIpc) is 2.88. The summed E-state index contributed by atoms with van der Waals surface area (Å²) in [6.07, 6.45) is 3.79. The first-order valence-electron chi connectivity index (χ1n) is 5.87. The van der Waals surface area contributed by atoms with Crippen LogP contribution >= 0.6 is 27.3 Å². The molecule has 1 unspecified atom stereocenters. The predicted molar refractivity (Wildman–Crippen MR) is 78.1 cm³/mol. The van der Waals surface area contributed by atoms with Gasteiger partial charge < -0.3 is 5.32 Å². The number of halogens is 1. The van der Waals surface area contributed by atoms with E-state index in [4.69, 9.17) is 0 Å². The van der Waals surface area contributed by atoms with Gasteiger partial charge in [-0.25, -0.2) is 4.98 Å². The molecule has 0 saturated carbocycles. The predicted octanol–water partition coefficient (Wildman–Crippen LogP) is 3.30. The van der Waals surface area contributed by atoms with Crippen molar-refractivity contribution in [1.82, 2.24) is 20.1 Å². The Morgan fingerprint density at radius 1 is 1.39 bits per heavy atom. The molecule has 2 aromatic heterocycles. The molecule has 0 amide bonds. The lowest BCUT2D eigenvalue weighted by Crippen LogP contribution is -2.22. The van der Waals surface area contributed by atoms with Crippen LogP contribution in [0.4, 0.5) is 0 Å². The van der Waals surface area contributed by atoms with Crippen molar-refractivity contribution in [3.63, 3.8) is 0 Å². The first-order valence-corrected chi connectivity index (χ1v) is 7.48. The first-order chi connectivity index (χ1) is 8.54. The number of aromatic nitrogens is 3. The van der Waals surface area contributed by atoms with Gasteiger partial charge in [0.25, 0.3) is 0 Å². The molecule has 1 atom stereocenters. The lowest BCUT2D eigenvalue weighted by atomic mass is 10.1. The van der Waals surface area contributed by atoms with Crippen molar-refractivity contribution in [1.29, 1.82) is 0 Å². The Balaban J connectivity index is 2.47. The molecule has 0 radical (unpaired) electrons. The number of rotatable bonds is 4. The summed E-state index contributed by atoms with van der Waals surface area (Å²) in [6.45, 7) is 6.29. The molecule has 2 heterocycles. The molecule has 0 aliphatic heterocycles.